The van der Waals surface area contributed by atoms with E-state index in [0.29, 0.717) is 28.9 Å². The molecule has 160 valence electrons. The fourth-order valence-electron chi connectivity index (χ4n) is 3.89. The number of rotatable bonds is 4. The third kappa shape index (κ3) is 4.04. The molecule has 8 nitrogen and oxygen atoms in total. The molecule has 9 heteroatoms. The molecule has 0 unspecified atom stereocenters. The van der Waals surface area contributed by atoms with Crippen LogP contribution >= 0.6 is 0 Å². The van der Waals surface area contributed by atoms with Crippen LogP contribution in [-0.2, 0) is 16.4 Å². The summed E-state index contributed by atoms with van der Waals surface area (Å²) >= 11 is 0. The number of para-hydroxylation sites is 1. The number of nitrogens with one attached hydrogen (secondary N) is 2. The molecule has 1 aliphatic rings. The molecule has 0 bridgehead atoms. The predicted molar refractivity (Wildman–Crippen MR) is 118 cm³/mol. The van der Waals surface area contributed by atoms with E-state index in [0.717, 1.165) is 5.56 Å². The minimum Gasteiger partial charge on any atom is -0.323 e. The molecule has 0 spiro atoms. The molecule has 31 heavy (non-hydrogen) atoms. The smallest absolute Gasteiger partial charge is 0.271 e. The molecular formula is C22H22N4O4S. The maximum absolute atomic E-state index is 12.7. The van der Waals surface area contributed by atoms with Crippen LogP contribution in [0.3, 0.4) is 0 Å². The van der Waals surface area contributed by atoms with E-state index < -0.39 is 21.8 Å². The molecule has 0 radical (unpaired) electrons. The molecule has 4 rings (SSSR count). The van der Waals surface area contributed by atoms with Gasteiger partial charge >= 0.3 is 0 Å². The second-order valence-corrected chi connectivity index (χ2v) is 9.33. The van der Waals surface area contributed by atoms with Gasteiger partial charge in [0.05, 0.1) is 23.2 Å². The average Bonchev–Trinajstić information content (AvgIpc) is 3.37. The Labute approximate surface area is 180 Å². The Balaban J connectivity index is 1.49. The standard InChI is InChI=1S/C22H22N4O4S/c1-15-13-17-14-16(9-10-19(17)26(15)31(2,29)30)21(27)23-24-22(28)18-7-3-4-8-20(18)25-11-5-6-12-25/h3-12,14-15H,13H2,1-2H3,(H,23,27)(H,24,28)/t15-/m0/s1. The third-order valence-corrected chi connectivity index (χ3v) is 6.44. The van der Waals surface area contributed by atoms with Crippen LogP contribution in [0.4, 0.5) is 5.69 Å². The third-order valence-electron chi connectivity index (χ3n) is 5.17. The molecule has 2 N–H and O–H groups in total. The number of nitrogens with zero attached hydrogens (tertiary/aromatic N) is 2. The summed E-state index contributed by atoms with van der Waals surface area (Å²) in [6, 6.07) is 15.4. The van der Waals surface area contributed by atoms with Crippen molar-refractivity contribution in [3.8, 4) is 5.69 Å². The average molecular weight is 439 g/mol. The summed E-state index contributed by atoms with van der Waals surface area (Å²) < 4.78 is 27.3. The quantitative estimate of drug-likeness (QED) is 0.610. The predicted octanol–water partition coefficient (Wildman–Crippen LogP) is 2.26. The molecule has 2 heterocycles. The molecule has 0 aliphatic carbocycles. The number of carbonyl (C=O) groups is 2. The van der Waals surface area contributed by atoms with Gasteiger partial charge in [-0.05, 0) is 61.4 Å². The SMILES string of the molecule is C[C@H]1Cc2cc(C(=O)NNC(=O)c3ccccc3-n3cccc3)ccc2N1S(C)(=O)=O. The Kier molecular flexibility index (Phi) is 5.28. The van der Waals surface area contributed by atoms with Crippen molar-refractivity contribution in [1.82, 2.24) is 15.4 Å². The van der Waals surface area contributed by atoms with Crippen molar-refractivity contribution in [1.29, 1.82) is 0 Å². The summed E-state index contributed by atoms with van der Waals surface area (Å²) in [5.74, 6) is -0.935. The van der Waals surface area contributed by atoms with E-state index in [1.807, 2.05) is 48.1 Å². The molecule has 0 saturated heterocycles. The fourth-order valence-corrected chi connectivity index (χ4v) is 5.15. The Morgan fingerprint density at radius 3 is 2.32 bits per heavy atom. The number of hydrazine groups is 1. The Bertz CT molecular complexity index is 1250. The molecule has 1 atom stereocenters. The van der Waals surface area contributed by atoms with E-state index in [1.54, 1.807) is 30.3 Å². The zero-order valence-electron chi connectivity index (χ0n) is 17.1. The molecule has 0 fully saturated rings. The van der Waals surface area contributed by atoms with Crippen LogP contribution in [0, 0.1) is 0 Å². The van der Waals surface area contributed by atoms with Crippen molar-refractivity contribution in [2.45, 2.75) is 19.4 Å². The lowest BCUT2D eigenvalue weighted by molar-refractivity contribution is 0.0846. The minimum absolute atomic E-state index is 0.215. The maximum atomic E-state index is 12.7. The number of anilines is 1. The van der Waals surface area contributed by atoms with Crippen LogP contribution in [0.1, 0.15) is 33.2 Å². The summed E-state index contributed by atoms with van der Waals surface area (Å²) in [4.78, 5) is 25.3. The second kappa shape index (κ2) is 7.92. The number of aromatic nitrogens is 1. The molecule has 2 aromatic carbocycles. The van der Waals surface area contributed by atoms with E-state index in [4.69, 9.17) is 0 Å². The summed E-state index contributed by atoms with van der Waals surface area (Å²) in [5.41, 5.74) is 7.67. The van der Waals surface area contributed by atoms with Gasteiger partial charge < -0.3 is 4.57 Å². The van der Waals surface area contributed by atoms with Gasteiger partial charge in [0.1, 0.15) is 0 Å². The van der Waals surface area contributed by atoms with Gasteiger partial charge in [-0.15, -0.1) is 0 Å². The van der Waals surface area contributed by atoms with E-state index >= 15 is 0 Å². The number of amides is 2. The number of benzene rings is 2. The van der Waals surface area contributed by atoms with Crippen LogP contribution in [0.2, 0.25) is 0 Å². The maximum Gasteiger partial charge on any atom is 0.271 e. The normalized spacial score (nSPS) is 15.4. The zero-order valence-corrected chi connectivity index (χ0v) is 17.9. The van der Waals surface area contributed by atoms with Gasteiger partial charge in [0.15, 0.2) is 0 Å². The van der Waals surface area contributed by atoms with Crippen LogP contribution in [0.5, 0.6) is 0 Å². The first-order valence-corrected chi connectivity index (χ1v) is 11.6. The van der Waals surface area contributed by atoms with E-state index in [2.05, 4.69) is 10.9 Å². The van der Waals surface area contributed by atoms with Gasteiger partial charge in [-0.2, -0.15) is 0 Å². The van der Waals surface area contributed by atoms with Crippen molar-refractivity contribution in [3.63, 3.8) is 0 Å². The largest absolute Gasteiger partial charge is 0.323 e. The Morgan fingerprint density at radius 2 is 1.61 bits per heavy atom. The zero-order chi connectivity index (χ0) is 22.2. The first-order valence-electron chi connectivity index (χ1n) is 9.71. The minimum atomic E-state index is -3.40. The van der Waals surface area contributed by atoms with Gasteiger partial charge in [0.2, 0.25) is 10.0 Å². The lowest BCUT2D eigenvalue weighted by Gasteiger charge is -2.21. The molecular weight excluding hydrogens is 416 g/mol. The van der Waals surface area contributed by atoms with Crippen molar-refractivity contribution >= 4 is 27.5 Å². The van der Waals surface area contributed by atoms with E-state index in [1.165, 1.54) is 10.6 Å². The van der Waals surface area contributed by atoms with Crippen molar-refractivity contribution in [2.24, 2.45) is 0 Å². The number of hydrogen-bond acceptors (Lipinski definition) is 4. The first kappa shape index (κ1) is 20.7. The highest BCUT2D eigenvalue weighted by molar-refractivity contribution is 7.92. The second-order valence-electron chi connectivity index (χ2n) is 7.47. The molecule has 1 aromatic heterocycles. The number of fused-ring (bicyclic) bond motifs is 1. The first-order chi connectivity index (χ1) is 14.8. The van der Waals surface area contributed by atoms with Gasteiger partial charge in [0.25, 0.3) is 11.8 Å². The molecule has 2 amide bonds. The highest BCUT2D eigenvalue weighted by Crippen LogP contribution is 2.34. The number of sulfonamides is 1. The van der Waals surface area contributed by atoms with Gasteiger partial charge in [-0.1, -0.05) is 12.1 Å². The lowest BCUT2D eigenvalue weighted by Crippen LogP contribution is -2.42. The van der Waals surface area contributed by atoms with Gasteiger partial charge in [-0.25, -0.2) is 8.42 Å². The van der Waals surface area contributed by atoms with Crippen LogP contribution < -0.4 is 15.2 Å². The van der Waals surface area contributed by atoms with Crippen molar-refractivity contribution < 1.29 is 18.0 Å². The molecule has 1 aliphatic heterocycles. The van der Waals surface area contributed by atoms with Crippen LogP contribution in [0.15, 0.2) is 67.0 Å². The number of hydrogen-bond donors (Lipinski definition) is 2. The lowest BCUT2D eigenvalue weighted by atomic mass is 10.1. The van der Waals surface area contributed by atoms with E-state index in [-0.39, 0.29) is 6.04 Å². The van der Waals surface area contributed by atoms with Crippen molar-refractivity contribution in [3.05, 3.63) is 83.7 Å². The summed E-state index contributed by atoms with van der Waals surface area (Å²) in [5, 5.41) is 0. The van der Waals surface area contributed by atoms with E-state index in [9.17, 15) is 18.0 Å². The monoisotopic (exact) mass is 438 g/mol. The highest BCUT2D eigenvalue weighted by atomic mass is 32.2. The number of carbonyl (C=O) groups excluding carboxylic acids is 2. The fraction of sp³-hybridized carbons (Fsp3) is 0.182. The molecule has 3 aromatic rings. The van der Waals surface area contributed by atoms with Crippen molar-refractivity contribution in [2.75, 3.05) is 10.6 Å². The highest BCUT2D eigenvalue weighted by Gasteiger charge is 2.32. The summed E-state index contributed by atoms with van der Waals surface area (Å²) in [7, 11) is -3.40. The van der Waals surface area contributed by atoms with Crippen LogP contribution in [-0.4, -0.2) is 37.1 Å². The molecule has 0 saturated carbocycles. The van der Waals surface area contributed by atoms with Crippen LogP contribution in [0.25, 0.3) is 5.69 Å². The van der Waals surface area contributed by atoms with Gasteiger partial charge in [-0.3, -0.25) is 24.7 Å². The topological polar surface area (TPSA) is 101 Å². The summed E-state index contributed by atoms with van der Waals surface area (Å²) in [6.45, 7) is 1.82. The van der Waals surface area contributed by atoms with Gasteiger partial charge in [0, 0.05) is 24.0 Å². The Morgan fingerprint density at radius 1 is 0.935 bits per heavy atom. The Hall–Kier alpha value is -3.59. The summed E-state index contributed by atoms with van der Waals surface area (Å²) in [6.07, 6.45) is 5.34.